The molecule has 0 aliphatic carbocycles. The maximum atomic E-state index is 6.95. The standard InChI is InChI=1S/C34H31NOP2/c1-5-17-31(18-6-1)37(32-19-7-2-8-20-32)35-26-29-16-14-13-15-28(29)25-30(35)27-36-38(33-21-9-3-10-22-33)34-23-11-4-12-24-34/h1-24,30H,25-27H2/t30-/m0/s1. The maximum absolute atomic E-state index is 6.95. The van der Waals surface area contributed by atoms with Gasteiger partial charge in [-0.05, 0) is 28.2 Å². The number of fused-ring (bicyclic) bond motifs is 1. The summed E-state index contributed by atoms with van der Waals surface area (Å²) in [6.45, 7) is 1.61. The topological polar surface area (TPSA) is 12.5 Å². The molecule has 0 N–H and O–H groups in total. The Morgan fingerprint density at radius 3 is 1.45 bits per heavy atom. The van der Waals surface area contributed by atoms with Gasteiger partial charge in [-0.15, -0.1) is 0 Å². The molecule has 0 unspecified atom stereocenters. The molecule has 5 aromatic rings. The van der Waals surface area contributed by atoms with E-state index < -0.39 is 16.2 Å². The summed E-state index contributed by atoms with van der Waals surface area (Å²) in [6.07, 6.45) is 0.988. The van der Waals surface area contributed by atoms with Gasteiger partial charge in [0.2, 0.25) is 0 Å². The Balaban J connectivity index is 1.37. The van der Waals surface area contributed by atoms with Crippen molar-refractivity contribution >= 4 is 37.4 Å². The van der Waals surface area contributed by atoms with E-state index in [1.54, 1.807) is 0 Å². The van der Waals surface area contributed by atoms with E-state index in [2.05, 4.69) is 150 Å². The molecular weight excluding hydrogens is 500 g/mol. The fraction of sp³-hybridized carbons (Fsp3) is 0.118. The molecule has 0 saturated heterocycles. The number of hydrogen-bond donors (Lipinski definition) is 0. The lowest BCUT2D eigenvalue weighted by atomic mass is 9.96. The third-order valence-corrected chi connectivity index (χ3v) is 11.5. The normalized spacial score (nSPS) is 15.5. The van der Waals surface area contributed by atoms with Crippen LogP contribution in [0.1, 0.15) is 11.1 Å². The summed E-state index contributed by atoms with van der Waals surface area (Å²) in [5, 5.41) is 5.27. The van der Waals surface area contributed by atoms with Crippen LogP contribution in [-0.2, 0) is 17.5 Å². The van der Waals surface area contributed by atoms with Crippen LogP contribution in [-0.4, -0.2) is 17.3 Å². The zero-order valence-electron chi connectivity index (χ0n) is 21.3. The molecule has 1 heterocycles. The SMILES string of the molecule is c1ccc(P(OC[C@@H]2Cc3ccccc3CN2P(c2ccccc2)c2ccccc2)c2ccccc2)cc1. The van der Waals surface area contributed by atoms with Gasteiger partial charge in [0.05, 0.1) is 14.8 Å². The molecule has 0 fully saturated rings. The zero-order chi connectivity index (χ0) is 25.6. The molecule has 5 aromatic carbocycles. The van der Waals surface area contributed by atoms with Crippen molar-refractivity contribution in [3.05, 3.63) is 157 Å². The summed E-state index contributed by atoms with van der Waals surface area (Å²) in [6, 6.07) is 52.7. The third-order valence-electron chi connectivity index (χ3n) is 6.96. The fourth-order valence-corrected chi connectivity index (χ4v) is 9.49. The minimum Gasteiger partial charge on any atom is -0.348 e. The molecule has 4 heteroatoms. The Kier molecular flexibility index (Phi) is 8.06. The first kappa shape index (κ1) is 25.2. The molecule has 0 radical (unpaired) electrons. The van der Waals surface area contributed by atoms with Crippen LogP contribution in [0.3, 0.4) is 0 Å². The highest BCUT2D eigenvalue weighted by Gasteiger charge is 2.34. The van der Waals surface area contributed by atoms with Crippen LogP contribution in [0.5, 0.6) is 0 Å². The van der Waals surface area contributed by atoms with Crippen LogP contribution < -0.4 is 21.2 Å². The van der Waals surface area contributed by atoms with Crippen molar-refractivity contribution in [2.75, 3.05) is 6.61 Å². The average molecular weight is 532 g/mol. The van der Waals surface area contributed by atoms with E-state index in [-0.39, 0.29) is 6.04 Å². The van der Waals surface area contributed by atoms with Crippen molar-refractivity contribution in [3.8, 4) is 0 Å². The van der Waals surface area contributed by atoms with Gasteiger partial charge in [0.25, 0.3) is 0 Å². The van der Waals surface area contributed by atoms with E-state index in [0.29, 0.717) is 6.61 Å². The summed E-state index contributed by atoms with van der Waals surface area (Å²) in [4.78, 5) is 0. The van der Waals surface area contributed by atoms with Crippen molar-refractivity contribution in [2.45, 2.75) is 19.0 Å². The molecule has 2 nitrogen and oxygen atoms in total. The zero-order valence-corrected chi connectivity index (χ0v) is 23.1. The molecule has 0 aromatic heterocycles. The number of nitrogens with zero attached hydrogens (tertiary/aromatic N) is 1. The molecular formula is C34H31NOP2. The van der Waals surface area contributed by atoms with Crippen LogP contribution in [0, 0.1) is 0 Å². The van der Waals surface area contributed by atoms with Crippen molar-refractivity contribution in [3.63, 3.8) is 0 Å². The highest BCUT2D eigenvalue weighted by atomic mass is 31.1. The van der Waals surface area contributed by atoms with Gasteiger partial charge in [0.15, 0.2) is 0 Å². The molecule has 0 saturated carbocycles. The number of benzene rings is 5. The van der Waals surface area contributed by atoms with Crippen molar-refractivity contribution in [2.24, 2.45) is 0 Å². The van der Waals surface area contributed by atoms with Crippen LogP contribution in [0.2, 0.25) is 0 Å². The quantitative estimate of drug-likeness (QED) is 0.211. The van der Waals surface area contributed by atoms with Gasteiger partial charge < -0.3 is 4.52 Å². The van der Waals surface area contributed by atoms with Crippen molar-refractivity contribution < 1.29 is 4.52 Å². The second kappa shape index (κ2) is 12.2. The van der Waals surface area contributed by atoms with Gasteiger partial charge in [-0.2, -0.15) is 0 Å². The third kappa shape index (κ3) is 5.65. The Morgan fingerprint density at radius 1 is 0.526 bits per heavy atom. The summed E-state index contributed by atoms with van der Waals surface area (Å²) in [5.74, 6) is 0. The maximum Gasteiger partial charge on any atom is 0.0918 e. The monoisotopic (exact) mass is 531 g/mol. The molecule has 1 atom stereocenters. The lowest BCUT2D eigenvalue weighted by molar-refractivity contribution is 0.213. The Bertz CT molecular complexity index is 1350. The number of hydrogen-bond acceptors (Lipinski definition) is 2. The molecule has 1 aliphatic heterocycles. The fourth-order valence-electron chi connectivity index (χ4n) is 5.12. The van der Waals surface area contributed by atoms with Crippen LogP contribution >= 0.6 is 16.2 Å². The highest BCUT2D eigenvalue weighted by Crippen LogP contribution is 2.45. The van der Waals surface area contributed by atoms with E-state index in [4.69, 9.17) is 4.52 Å². The first-order valence-electron chi connectivity index (χ1n) is 13.1. The summed E-state index contributed by atoms with van der Waals surface area (Å²) < 4.78 is 9.68. The predicted molar refractivity (Wildman–Crippen MR) is 164 cm³/mol. The van der Waals surface area contributed by atoms with Gasteiger partial charge >= 0.3 is 0 Å². The lowest BCUT2D eigenvalue weighted by Gasteiger charge is -2.42. The van der Waals surface area contributed by atoms with Gasteiger partial charge in [-0.3, -0.25) is 4.67 Å². The Hall–Kier alpha value is -3.12. The first-order valence-corrected chi connectivity index (χ1v) is 15.7. The largest absolute Gasteiger partial charge is 0.348 e. The van der Waals surface area contributed by atoms with E-state index in [1.807, 2.05) is 0 Å². The molecule has 0 spiro atoms. The highest BCUT2D eigenvalue weighted by molar-refractivity contribution is 7.70. The second-order valence-corrected chi connectivity index (χ2v) is 13.5. The van der Waals surface area contributed by atoms with Crippen LogP contribution in [0.25, 0.3) is 0 Å². The smallest absolute Gasteiger partial charge is 0.0918 e. The summed E-state index contributed by atoms with van der Waals surface area (Å²) >= 11 is 0. The Morgan fingerprint density at radius 2 is 0.947 bits per heavy atom. The van der Waals surface area contributed by atoms with E-state index in [1.165, 1.54) is 32.3 Å². The molecule has 0 amide bonds. The van der Waals surface area contributed by atoms with E-state index >= 15 is 0 Å². The first-order chi connectivity index (χ1) is 18.9. The van der Waals surface area contributed by atoms with Gasteiger partial charge in [-0.1, -0.05) is 146 Å². The minimum absolute atomic E-state index is 0.272. The van der Waals surface area contributed by atoms with Gasteiger partial charge in [0.1, 0.15) is 0 Å². The predicted octanol–water partition coefficient (Wildman–Crippen LogP) is 6.53. The van der Waals surface area contributed by atoms with Gasteiger partial charge in [-0.25, -0.2) is 0 Å². The van der Waals surface area contributed by atoms with Crippen LogP contribution in [0.4, 0.5) is 0 Å². The van der Waals surface area contributed by atoms with Gasteiger partial charge in [0, 0.05) is 31.3 Å². The minimum atomic E-state index is -0.909. The van der Waals surface area contributed by atoms with Crippen molar-refractivity contribution in [1.29, 1.82) is 0 Å². The molecule has 1 aliphatic rings. The van der Waals surface area contributed by atoms with Crippen molar-refractivity contribution in [1.82, 2.24) is 4.67 Å². The van der Waals surface area contributed by atoms with Crippen LogP contribution in [0.15, 0.2) is 146 Å². The molecule has 38 heavy (non-hydrogen) atoms. The Labute approximate surface area is 228 Å². The number of rotatable bonds is 8. The summed E-state index contributed by atoms with van der Waals surface area (Å²) in [7, 11) is -1.62. The van der Waals surface area contributed by atoms with E-state index in [0.717, 1.165) is 13.0 Å². The second-order valence-electron chi connectivity index (χ2n) is 9.47. The lowest BCUT2D eigenvalue weighted by Crippen LogP contribution is -2.43. The average Bonchev–Trinajstić information content (AvgIpc) is 3.00. The molecule has 188 valence electrons. The molecule has 6 rings (SSSR count). The van der Waals surface area contributed by atoms with E-state index in [9.17, 15) is 0 Å². The molecule has 0 bridgehead atoms. The summed E-state index contributed by atoms with van der Waals surface area (Å²) in [5.41, 5.74) is 2.87.